The molecule has 2 amide bonds. The number of hydrogen-bond acceptors (Lipinski definition) is 5. The van der Waals surface area contributed by atoms with Crippen LogP contribution in [-0.4, -0.2) is 50.2 Å². The Morgan fingerprint density at radius 3 is 2.70 bits per heavy atom. The number of pyridine rings is 1. The van der Waals surface area contributed by atoms with E-state index in [1.807, 2.05) is 24.3 Å². The Kier molecular flexibility index (Phi) is 6.03. The van der Waals surface area contributed by atoms with Gasteiger partial charge in [-0.3, -0.25) is 14.6 Å². The maximum atomic E-state index is 12.7. The summed E-state index contributed by atoms with van der Waals surface area (Å²) in [5, 5.41) is 2.81. The van der Waals surface area contributed by atoms with Gasteiger partial charge in [0, 0.05) is 25.5 Å². The Labute approximate surface area is 158 Å². The molecule has 1 aliphatic heterocycles. The lowest BCUT2D eigenvalue weighted by molar-refractivity contribution is -0.122. The van der Waals surface area contributed by atoms with E-state index in [0.717, 1.165) is 11.4 Å². The van der Waals surface area contributed by atoms with E-state index in [-0.39, 0.29) is 23.8 Å². The first-order chi connectivity index (χ1) is 13.1. The smallest absolute Gasteiger partial charge is 0.269 e. The summed E-state index contributed by atoms with van der Waals surface area (Å²) in [5.74, 6) is 0.268. The van der Waals surface area contributed by atoms with Crippen LogP contribution in [0.3, 0.4) is 0 Å². The number of anilines is 1. The zero-order chi connectivity index (χ0) is 19.2. The summed E-state index contributed by atoms with van der Waals surface area (Å²) >= 11 is 0. The zero-order valence-corrected chi connectivity index (χ0v) is 15.4. The van der Waals surface area contributed by atoms with Crippen molar-refractivity contribution in [3.8, 4) is 5.75 Å². The summed E-state index contributed by atoms with van der Waals surface area (Å²) in [6.45, 7) is 0.703. The van der Waals surface area contributed by atoms with E-state index in [1.165, 1.54) is 0 Å². The Morgan fingerprint density at radius 1 is 1.26 bits per heavy atom. The Hall–Kier alpha value is -2.93. The molecule has 2 atom stereocenters. The van der Waals surface area contributed by atoms with Crippen LogP contribution in [-0.2, 0) is 9.53 Å². The van der Waals surface area contributed by atoms with Crippen molar-refractivity contribution in [2.45, 2.75) is 12.5 Å². The van der Waals surface area contributed by atoms with Crippen LogP contribution in [0.4, 0.5) is 5.69 Å². The number of carbonyl (C=O) groups is 2. The topological polar surface area (TPSA) is 80.8 Å². The third-order valence-electron chi connectivity index (χ3n) is 4.61. The van der Waals surface area contributed by atoms with Gasteiger partial charge in [-0.2, -0.15) is 0 Å². The normalized spacial score (nSPS) is 18.7. The molecule has 1 aliphatic rings. The molecule has 27 heavy (non-hydrogen) atoms. The fourth-order valence-electron chi connectivity index (χ4n) is 3.02. The van der Waals surface area contributed by atoms with Crippen molar-refractivity contribution < 1.29 is 19.1 Å². The molecule has 0 unspecified atom stereocenters. The molecular weight excluding hydrogens is 346 g/mol. The number of nitrogens with zero attached hydrogens (tertiary/aromatic N) is 2. The predicted molar refractivity (Wildman–Crippen MR) is 101 cm³/mol. The number of benzene rings is 1. The van der Waals surface area contributed by atoms with Gasteiger partial charge >= 0.3 is 0 Å². The summed E-state index contributed by atoms with van der Waals surface area (Å²) in [5.41, 5.74) is 1.16. The highest BCUT2D eigenvalue weighted by atomic mass is 16.5. The minimum Gasteiger partial charge on any atom is -0.497 e. The maximum absolute atomic E-state index is 12.7. The average molecular weight is 369 g/mol. The van der Waals surface area contributed by atoms with Crippen LogP contribution < -0.4 is 15.0 Å². The van der Waals surface area contributed by atoms with Crippen molar-refractivity contribution in [3.63, 3.8) is 0 Å². The van der Waals surface area contributed by atoms with Gasteiger partial charge in [0.2, 0.25) is 5.91 Å². The third-order valence-corrected chi connectivity index (χ3v) is 4.61. The van der Waals surface area contributed by atoms with E-state index < -0.39 is 0 Å². The average Bonchev–Trinajstić information content (AvgIpc) is 3.20. The first-order valence-electron chi connectivity index (χ1n) is 8.81. The summed E-state index contributed by atoms with van der Waals surface area (Å²) in [6.07, 6.45) is 1.96. The van der Waals surface area contributed by atoms with Crippen LogP contribution in [0.15, 0.2) is 48.7 Å². The van der Waals surface area contributed by atoms with E-state index in [4.69, 9.17) is 9.47 Å². The van der Waals surface area contributed by atoms with E-state index in [2.05, 4.69) is 10.3 Å². The molecule has 1 aromatic heterocycles. The lowest BCUT2D eigenvalue weighted by atomic mass is 10.0. The second-order valence-corrected chi connectivity index (χ2v) is 6.41. The van der Waals surface area contributed by atoms with Gasteiger partial charge in [-0.1, -0.05) is 6.07 Å². The van der Waals surface area contributed by atoms with Crippen molar-refractivity contribution in [1.29, 1.82) is 0 Å². The molecule has 0 saturated carbocycles. The van der Waals surface area contributed by atoms with Crippen LogP contribution in [0.5, 0.6) is 5.75 Å². The van der Waals surface area contributed by atoms with Gasteiger partial charge in [0.15, 0.2) is 0 Å². The lowest BCUT2D eigenvalue weighted by Gasteiger charge is -2.20. The van der Waals surface area contributed by atoms with E-state index in [1.54, 1.807) is 43.5 Å². The lowest BCUT2D eigenvalue weighted by Crippen LogP contribution is -2.34. The number of ether oxygens (including phenoxy) is 2. The number of rotatable bonds is 6. The van der Waals surface area contributed by atoms with Crippen molar-refractivity contribution in [3.05, 3.63) is 54.4 Å². The molecule has 0 radical (unpaired) electrons. The van der Waals surface area contributed by atoms with Crippen molar-refractivity contribution in [2.24, 2.45) is 5.92 Å². The highest BCUT2D eigenvalue weighted by Gasteiger charge is 2.33. The minimum absolute atomic E-state index is 0.00119. The van der Waals surface area contributed by atoms with Crippen LogP contribution >= 0.6 is 0 Å². The summed E-state index contributed by atoms with van der Waals surface area (Å²) < 4.78 is 10.8. The standard InChI is InChI=1S/C20H23N3O4/c1-23(15-6-8-16(26-2)9-7-15)20(25)14-11-17(27-13-14)12-22-19(24)18-5-3-4-10-21-18/h3-10,14,17H,11-13H2,1-2H3,(H,22,24)/t14-,17-/m0/s1. The maximum Gasteiger partial charge on any atom is 0.269 e. The van der Waals surface area contributed by atoms with Gasteiger partial charge < -0.3 is 19.7 Å². The van der Waals surface area contributed by atoms with Gasteiger partial charge in [-0.25, -0.2) is 0 Å². The number of nitrogens with one attached hydrogen (secondary N) is 1. The predicted octanol–water partition coefficient (Wildman–Crippen LogP) is 1.89. The summed E-state index contributed by atoms with van der Waals surface area (Å²) in [7, 11) is 3.35. The van der Waals surface area contributed by atoms with Crippen LogP contribution in [0.2, 0.25) is 0 Å². The summed E-state index contributed by atoms with van der Waals surface area (Å²) in [4.78, 5) is 30.4. The van der Waals surface area contributed by atoms with Crippen molar-refractivity contribution >= 4 is 17.5 Å². The first kappa shape index (κ1) is 18.8. The molecular formula is C20H23N3O4. The quantitative estimate of drug-likeness (QED) is 0.841. The Morgan fingerprint density at radius 2 is 2.04 bits per heavy atom. The molecule has 7 nitrogen and oxygen atoms in total. The molecule has 1 saturated heterocycles. The molecule has 2 aromatic rings. The molecule has 0 bridgehead atoms. The highest BCUT2D eigenvalue weighted by Crippen LogP contribution is 2.25. The SMILES string of the molecule is COc1ccc(N(C)C(=O)[C@@H]2CO[C@H](CNC(=O)c3ccccn3)C2)cc1. The number of amides is 2. The van der Waals surface area contributed by atoms with Crippen molar-refractivity contribution in [2.75, 3.05) is 32.2 Å². The molecule has 1 N–H and O–H groups in total. The summed E-state index contributed by atoms with van der Waals surface area (Å²) in [6, 6.07) is 12.5. The van der Waals surface area contributed by atoms with E-state index in [0.29, 0.717) is 25.3 Å². The van der Waals surface area contributed by atoms with Crippen LogP contribution in [0, 0.1) is 5.92 Å². The number of carbonyl (C=O) groups excluding carboxylic acids is 2. The highest BCUT2D eigenvalue weighted by molar-refractivity contribution is 5.95. The van der Waals surface area contributed by atoms with Crippen LogP contribution in [0.25, 0.3) is 0 Å². The first-order valence-corrected chi connectivity index (χ1v) is 8.81. The monoisotopic (exact) mass is 369 g/mol. The fraction of sp³-hybridized carbons (Fsp3) is 0.350. The molecule has 2 heterocycles. The van der Waals surface area contributed by atoms with Gasteiger partial charge in [0.25, 0.3) is 5.91 Å². The second kappa shape index (κ2) is 8.64. The van der Waals surface area contributed by atoms with Crippen LogP contribution in [0.1, 0.15) is 16.9 Å². The number of hydrogen-bond donors (Lipinski definition) is 1. The molecule has 0 aliphatic carbocycles. The van der Waals surface area contributed by atoms with Crippen molar-refractivity contribution in [1.82, 2.24) is 10.3 Å². The third kappa shape index (κ3) is 4.62. The van der Waals surface area contributed by atoms with E-state index >= 15 is 0 Å². The molecule has 1 aromatic carbocycles. The molecule has 1 fully saturated rings. The molecule has 142 valence electrons. The van der Waals surface area contributed by atoms with Gasteiger partial charge in [-0.05, 0) is 42.8 Å². The molecule has 0 spiro atoms. The number of methoxy groups -OCH3 is 1. The Bertz CT molecular complexity index is 780. The van der Waals surface area contributed by atoms with Gasteiger partial charge in [0.05, 0.1) is 25.7 Å². The van der Waals surface area contributed by atoms with Gasteiger partial charge in [-0.15, -0.1) is 0 Å². The Balaban J connectivity index is 1.50. The van der Waals surface area contributed by atoms with E-state index in [9.17, 15) is 9.59 Å². The largest absolute Gasteiger partial charge is 0.497 e. The molecule has 7 heteroatoms. The second-order valence-electron chi connectivity index (χ2n) is 6.41. The zero-order valence-electron chi connectivity index (χ0n) is 15.4. The molecule has 3 rings (SSSR count). The fourth-order valence-corrected chi connectivity index (χ4v) is 3.02. The van der Waals surface area contributed by atoms with Gasteiger partial charge in [0.1, 0.15) is 11.4 Å². The minimum atomic E-state index is -0.246. The number of aromatic nitrogens is 1.